The molecule has 0 spiro atoms. The predicted octanol–water partition coefficient (Wildman–Crippen LogP) is 3.43. The second kappa shape index (κ2) is 6.24. The van der Waals surface area contributed by atoms with Gasteiger partial charge in [-0.1, -0.05) is 23.7 Å². The third-order valence-electron chi connectivity index (χ3n) is 3.53. The third-order valence-corrected chi connectivity index (χ3v) is 3.78. The van der Waals surface area contributed by atoms with E-state index in [9.17, 15) is 9.90 Å². The van der Waals surface area contributed by atoms with Crippen LogP contribution < -0.4 is 0 Å². The van der Waals surface area contributed by atoms with E-state index in [1.807, 2.05) is 45.0 Å². The number of carbonyl (C=O) groups excluding carboxylic acids is 1. The van der Waals surface area contributed by atoms with Crippen LogP contribution in [-0.4, -0.2) is 40.9 Å². The van der Waals surface area contributed by atoms with Crippen LogP contribution >= 0.6 is 11.6 Å². The number of ether oxygens (including phenoxy) is 1. The summed E-state index contributed by atoms with van der Waals surface area (Å²) in [6, 6.07) is 7.51. The Hall–Kier alpha value is -1.26. The molecule has 0 bridgehead atoms. The van der Waals surface area contributed by atoms with Crippen molar-refractivity contribution in [2.45, 2.75) is 44.8 Å². The third kappa shape index (κ3) is 4.35. The van der Waals surface area contributed by atoms with Crippen LogP contribution in [0.1, 0.15) is 38.7 Å². The summed E-state index contributed by atoms with van der Waals surface area (Å²) in [5, 5.41) is 11.0. The second-order valence-corrected chi connectivity index (χ2v) is 6.88. The van der Waals surface area contributed by atoms with Crippen LogP contribution in [0.3, 0.4) is 0 Å². The zero-order valence-corrected chi connectivity index (χ0v) is 13.4. The molecule has 1 amide bonds. The van der Waals surface area contributed by atoms with Gasteiger partial charge in [-0.15, -0.1) is 0 Å². The number of likely N-dealkylation sites (tertiary alicyclic amines) is 1. The van der Waals surface area contributed by atoms with Gasteiger partial charge in [-0.3, -0.25) is 0 Å². The number of nitrogens with zero attached hydrogens (tertiary/aromatic N) is 1. The van der Waals surface area contributed by atoms with Gasteiger partial charge in [0.25, 0.3) is 0 Å². The van der Waals surface area contributed by atoms with E-state index in [4.69, 9.17) is 16.3 Å². The molecule has 2 atom stereocenters. The van der Waals surface area contributed by atoms with E-state index in [0.717, 1.165) is 5.56 Å². The van der Waals surface area contributed by atoms with Crippen LogP contribution in [0.4, 0.5) is 4.79 Å². The minimum atomic E-state index is -0.590. The lowest BCUT2D eigenvalue weighted by atomic mass is 9.87. The number of β-amino-alcohol motifs (C(OH)–C–C–N with tert-alkyl or cyclic N) is 1. The maximum atomic E-state index is 12.0. The molecule has 1 aromatic rings. The van der Waals surface area contributed by atoms with E-state index < -0.39 is 11.7 Å². The highest BCUT2D eigenvalue weighted by Gasteiger charge is 2.33. The number of benzene rings is 1. The van der Waals surface area contributed by atoms with Crippen LogP contribution in [0.25, 0.3) is 0 Å². The Labute approximate surface area is 130 Å². The number of aliphatic hydroxyl groups excluding tert-OH is 1. The Morgan fingerprint density at radius 3 is 2.48 bits per heavy atom. The van der Waals surface area contributed by atoms with Crippen molar-refractivity contribution in [2.24, 2.45) is 0 Å². The summed E-state index contributed by atoms with van der Waals surface area (Å²) in [5.74, 6) is 0.0287. The number of rotatable bonds is 1. The van der Waals surface area contributed by atoms with E-state index in [-0.39, 0.29) is 12.0 Å². The maximum Gasteiger partial charge on any atom is 0.410 e. The summed E-state index contributed by atoms with van der Waals surface area (Å²) in [6.07, 6.45) is -0.245. The van der Waals surface area contributed by atoms with E-state index in [0.29, 0.717) is 24.5 Å². The van der Waals surface area contributed by atoms with Gasteiger partial charge in [0.05, 0.1) is 12.6 Å². The molecule has 1 saturated heterocycles. The summed E-state index contributed by atoms with van der Waals surface area (Å²) in [4.78, 5) is 13.6. The normalized spacial score (nSPS) is 23.0. The van der Waals surface area contributed by atoms with Crippen LogP contribution in [0.2, 0.25) is 5.02 Å². The van der Waals surface area contributed by atoms with Crippen molar-refractivity contribution in [2.75, 3.05) is 13.1 Å². The van der Waals surface area contributed by atoms with Crippen molar-refractivity contribution >= 4 is 17.7 Å². The van der Waals surface area contributed by atoms with Gasteiger partial charge in [-0.2, -0.15) is 0 Å². The van der Waals surface area contributed by atoms with Crippen LogP contribution in [0.5, 0.6) is 0 Å². The molecule has 1 aliphatic heterocycles. The number of piperidine rings is 1. The number of halogens is 1. The first-order valence-corrected chi connectivity index (χ1v) is 7.55. The number of hydrogen-bond donors (Lipinski definition) is 1. The monoisotopic (exact) mass is 311 g/mol. The average Bonchev–Trinajstić information content (AvgIpc) is 2.38. The molecule has 4 nitrogen and oxygen atoms in total. The summed E-state index contributed by atoms with van der Waals surface area (Å²) < 4.78 is 5.34. The average molecular weight is 312 g/mol. The highest BCUT2D eigenvalue weighted by Crippen LogP contribution is 2.29. The summed E-state index contributed by atoms with van der Waals surface area (Å²) in [7, 11) is 0. The molecule has 1 aromatic carbocycles. The Morgan fingerprint density at radius 1 is 1.33 bits per heavy atom. The minimum Gasteiger partial charge on any atom is -0.444 e. The van der Waals surface area contributed by atoms with Crippen molar-refractivity contribution in [3.05, 3.63) is 34.9 Å². The standard InChI is InChI=1S/C16H22ClNO3/c1-16(2,3)21-15(20)18-9-8-13(14(19)10-18)11-4-6-12(17)7-5-11/h4-7,13-14,19H,8-10H2,1-3H3/t13-,14+/m0/s1. The highest BCUT2D eigenvalue weighted by molar-refractivity contribution is 6.30. The van der Waals surface area contributed by atoms with Crippen molar-refractivity contribution in [3.8, 4) is 0 Å². The van der Waals surface area contributed by atoms with Gasteiger partial charge in [-0.25, -0.2) is 4.79 Å². The van der Waals surface area contributed by atoms with Gasteiger partial charge < -0.3 is 14.7 Å². The van der Waals surface area contributed by atoms with Crippen LogP contribution in [0, 0.1) is 0 Å². The molecule has 0 unspecified atom stereocenters. The van der Waals surface area contributed by atoms with E-state index in [1.54, 1.807) is 4.90 Å². The quantitative estimate of drug-likeness (QED) is 0.864. The first kappa shape index (κ1) is 16.1. The second-order valence-electron chi connectivity index (χ2n) is 6.44. The van der Waals surface area contributed by atoms with Crippen molar-refractivity contribution in [1.82, 2.24) is 4.90 Å². The Bertz CT molecular complexity index is 495. The number of amides is 1. The SMILES string of the molecule is CC(C)(C)OC(=O)N1CC[C@@H](c2ccc(Cl)cc2)[C@H](O)C1. The van der Waals surface area contributed by atoms with Crippen molar-refractivity contribution in [3.63, 3.8) is 0 Å². The molecular weight excluding hydrogens is 290 g/mol. The highest BCUT2D eigenvalue weighted by atomic mass is 35.5. The van der Waals surface area contributed by atoms with Gasteiger partial charge in [0.1, 0.15) is 5.60 Å². The molecule has 0 aromatic heterocycles. The predicted molar refractivity (Wildman–Crippen MR) is 82.6 cm³/mol. The lowest BCUT2D eigenvalue weighted by molar-refractivity contribution is -0.00151. The summed E-state index contributed by atoms with van der Waals surface area (Å²) in [5.41, 5.74) is 0.533. The maximum absolute atomic E-state index is 12.0. The fourth-order valence-electron chi connectivity index (χ4n) is 2.52. The van der Waals surface area contributed by atoms with Gasteiger partial charge in [-0.05, 0) is 44.9 Å². The molecule has 1 N–H and O–H groups in total. The van der Waals surface area contributed by atoms with Gasteiger partial charge in [0.15, 0.2) is 0 Å². The molecule has 5 heteroatoms. The topological polar surface area (TPSA) is 49.8 Å². The van der Waals surface area contributed by atoms with E-state index in [2.05, 4.69) is 0 Å². The van der Waals surface area contributed by atoms with Crippen molar-refractivity contribution in [1.29, 1.82) is 0 Å². The van der Waals surface area contributed by atoms with Crippen molar-refractivity contribution < 1.29 is 14.6 Å². The lowest BCUT2D eigenvalue weighted by Crippen LogP contribution is -2.47. The molecule has 0 aliphatic carbocycles. The fraction of sp³-hybridized carbons (Fsp3) is 0.562. The molecule has 0 radical (unpaired) electrons. The Balaban J connectivity index is 1.99. The zero-order chi connectivity index (χ0) is 15.6. The summed E-state index contributed by atoms with van der Waals surface area (Å²) in [6.45, 7) is 6.38. The van der Waals surface area contributed by atoms with E-state index in [1.165, 1.54) is 0 Å². The number of carbonyl (C=O) groups is 1. The summed E-state index contributed by atoms with van der Waals surface area (Å²) >= 11 is 5.88. The molecular formula is C16H22ClNO3. The number of aliphatic hydroxyl groups is 1. The Morgan fingerprint density at radius 2 is 1.95 bits per heavy atom. The lowest BCUT2D eigenvalue weighted by Gasteiger charge is -2.36. The minimum absolute atomic E-state index is 0.0287. The van der Waals surface area contributed by atoms with E-state index >= 15 is 0 Å². The fourth-order valence-corrected chi connectivity index (χ4v) is 2.65. The molecule has 1 heterocycles. The molecule has 21 heavy (non-hydrogen) atoms. The van der Waals surface area contributed by atoms with Gasteiger partial charge in [0, 0.05) is 17.5 Å². The Kier molecular flexibility index (Phi) is 4.79. The first-order valence-electron chi connectivity index (χ1n) is 7.18. The smallest absolute Gasteiger partial charge is 0.410 e. The molecule has 2 rings (SSSR count). The van der Waals surface area contributed by atoms with Crippen LogP contribution in [0.15, 0.2) is 24.3 Å². The molecule has 116 valence electrons. The molecule has 1 fully saturated rings. The largest absolute Gasteiger partial charge is 0.444 e. The first-order chi connectivity index (χ1) is 9.76. The molecule has 0 saturated carbocycles. The van der Waals surface area contributed by atoms with Crippen LogP contribution in [-0.2, 0) is 4.74 Å². The van der Waals surface area contributed by atoms with Gasteiger partial charge >= 0.3 is 6.09 Å². The molecule has 1 aliphatic rings. The van der Waals surface area contributed by atoms with Gasteiger partial charge in [0.2, 0.25) is 0 Å². The number of hydrogen-bond acceptors (Lipinski definition) is 3. The zero-order valence-electron chi connectivity index (χ0n) is 12.7.